The molecular weight excluding hydrogens is 184 g/mol. The summed E-state index contributed by atoms with van der Waals surface area (Å²) in [5.41, 5.74) is 2.33. The monoisotopic (exact) mass is 206 g/mol. The smallest absolute Gasteiger partial charge is 0.119 e. The van der Waals surface area contributed by atoms with Crippen LogP contribution < -0.4 is 0 Å². The second-order valence-electron chi connectivity index (χ2n) is 4.31. The van der Waals surface area contributed by atoms with Gasteiger partial charge in [-0.1, -0.05) is 39.3 Å². The molecule has 0 heterocycles. The van der Waals surface area contributed by atoms with Gasteiger partial charge in [0, 0.05) is 0 Å². The lowest BCUT2D eigenvalue weighted by molar-refractivity contribution is 0.461. The van der Waals surface area contributed by atoms with Gasteiger partial charge in [-0.3, -0.25) is 0 Å². The van der Waals surface area contributed by atoms with E-state index in [0.717, 1.165) is 18.4 Å². The Hall–Kier alpha value is -0.980. The number of phenols is 1. The fourth-order valence-electron chi connectivity index (χ4n) is 1.76. The zero-order chi connectivity index (χ0) is 11.3. The fourth-order valence-corrected chi connectivity index (χ4v) is 1.76. The summed E-state index contributed by atoms with van der Waals surface area (Å²) in [6.07, 6.45) is 4.54. The van der Waals surface area contributed by atoms with Gasteiger partial charge < -0.3 is 5.11 Å². The van der Waals surface area contributed by atoms with E-state index in [-0.39, 0.29) is 0 Å². The highest BCUT2D eigenvalue weighted by atomic mass is 16.3. The summed E-state index contributed by atoms with van der Waals surface area (Å²) in [4.78, 5) is 0. The van der Waals surface area contributed by atoms with Crippen molar-refractivity contribution in [1.29, 1.82) is 0 Å². The molecule has 0 aliphatic carbocycles. The first-order valence-electron chi connectivity index (χ1n) is 6.00. The van der Waals surface area contributed by atoms with Crippen molar-refractivity contribution in [3.05, 3.63) is 29.3 Å². The molecule has 0 amide bonds. The van der Waals surface area contributed by atoms with Crippen LogP contribution in [-0.2, 0) is 6.42 Å². The van der Waals surface area contributed by atoms with Crippen LogP contribution in [0.4, 0.5) is 0 Å². The predicted molar refractivity (Wildman–Crippen MR) is 65.4 cm³/mol. The molecule has 1 rings (SSSR count). The minimum Gasteiger partial charge on any atom is -0.508 e. The van der Waals surface area contributed by atoms with E-state index in [0.29, 0.717) is 11.7 Å². The molecule has 1 heteroatoms. The number of phenolic OH excluding ortho intramolecular Hbond substituents is 1. The van der Waals surface area contributed by atoms with Crippen LogP contribution in [0.15, 0.2) is 18.2 Å². The van der Waals surface area contributed by atoms with E-state index in [9.17, 15) is 5.11 Å². The van der Waals surface area contributed by atoms with Crippen LogP contribution in [0.25, 0.3) is 0 Å². The van der Waals surface area contributed by atoms with Crippen molar-refractivity contribution in [3.8, 4) is 5.75 Å². The van der Waals surface area contributed by atoms with Crippen molar-refractivity contribution >= 4 is 0 Å². The van der Waals surface area contributed by atoms with Crippen molar-refractivity contribution in [2.45, 2.75) is 52.4 Å². The van der Waals surface area contributed by atoms with E-state index in [1.165, 1.54) is 18.4 Å². The average molecular weight is 206 g/mol. The Labute approximate surface area is 93.1 Å². The molecule has 1 N–H and O–H groups in total. The Morgan fingerprint density at radius 1 is 1.27 bits per heavy atom. The average Bonchev–Trinajstić information content (AvgIpc) is 2.25. The molecule has 1 atom stereocenters. The van der Waals surface area contributed by atoms with E-state index in [1.807, 2.05) is 6.07 Å². The summed E-state index contributed by atoms with van der Waals surface area (Å²) in [5.74, 6) is 0.920. The normalized spacial score (nSPS) is 12.7. The SMILES string of the molecule is CCCCc1ccc(C(C)CC)c(O)c1. The van der Waals surface area contributed by atoms with Crippen molar-refractivity contribution in [2.75, 3.05) is 0 Å². The molecule has 84 valence electrons. The molecule has 15 heavy (non-hydrogen) atoms. The van der Waals surface area contributed by atoms with Crippen molar-refractivity contribution in [2.24, 2.45) is 0 Å². The first-order valence-corrected chi connectivity index (χ1v) is 6.00. The molecule has 0 aliphatic heterocycles. The van der Waals surface area contributed by atoms with E-state index in [1.54, 1.807) is 0 Å². The van der Waals surface area contributed by atoms with E-state index in [2.05, 4.69) is 32.9 Å². The minimum atomic E-state index is 0.449. The number of unbranched alkanes of at least 4 members (excludes halogenated alkanes) is 1. The Kier molecular flexibility index (Phi) is 4.67. The van der Waals surface area contributed by atoms with Crippen LogP contribution in [0.5, 0.6) is 5.75 Å². The molecule has 1 nitrogen and oxygen atoms in total. The number of hydrogen-bond donors (Lipinski definition) is 1. The largest absolute Gasteiger partial charge is 0.508 e. The molecular formula is C14H22O. The Morgan fingerprint density at radius 2 is 2.00 bits per heavy atom. The van der Waals surface area contributed by atoms with Crippen LogP contribution in [0.3, 0.4) is 0 Å². The van der Waals surface area contributed by atoms with Gasteiger partial charge in [0.1, 0.15) is 5.75 Å². The standard InChI is InChI=1S/C14H22O/c1-4-6-7-12-8-9-13(11(3)5-2)14(15)10-12/h8-11,15H,4-7H2,1-3H3. The maximum Gasteiger partial charge on any atom is 0.119 e. The minimum absolute atomic E-state index is 0.449. The van der Waals surface area contributed by atoms with Crippen molar-refractivity contribution in [3.63, 3.8) is 0 Å². The lowest BCUT2D eigenvalue weighted by Crippen LogP contribution is -1.93. The van der Waals surface area contributed by atoms with Gasteiger partial charge in [-0.15, -0.1) is 0 Å². The van der Waals surface area contributed by atoms with Gasteiger partial charge in [0.25, 0.3) is 0 Å². The lowest BCUT2D eigenvalue weighted by Gasteiger charge is -2.12. The Morgan fingerprint density at radius 3 is 2.53 bits per heavy atom. The highest BCUT2D eigenvalue weighted by molar-refractivity contribution is 5.38. The number of hydrogen-bond acceptors (Lipinski definition) is 1. The maximum atomic E-state index is 9.89. The molecule has 0 radical (unpaired) electrons. The topological polar surface area (TPSA) is 20.2 Å². The third-order valence-corrected chi connectivity index (χ3v) is 3.06. The number of rotatable bonds is 5. The summed E-state index contributed by atoms with van der Waals surface area (Å²) >= 11 is 0. The molecule has 0 bridgehead atoms. The van der Waals surface area contributed by atoms with Crippen LogP contribution >= 0.6 is 0 Å². The highest BCUT2D eigenvalue weighted by Gasteiger charge is 2.08. The molecule has 1 unspecified atom stereocenters. The second-order valence-corrected chi connectivity index (χ2v) is 4.31. The van der Waals surface area contributed by atoms with Gasteiger partial charge in [-0.2, -0.15) is 0 Å². The third kappa shape index (κ3) is 3.26. The molecule has 1 aromatic carbocycles. The van der Waals surface area contributed by atoms with E-state index in [4.69, 9.17) is 0 Å². The first-order chi connectivity index (χ1) is 7.19. The lowest BCUT2D eigenvalue weighted by atomic mass is 9.95. The molecule has 0 saturated carbocycles. The van der Waals surface area contributed by atoms with Crippen LogP contribution in [0, 0.1) is 0 Å². The van der Waals surface area contributed by atoms with Gasteiger partial charge in [-0.25, -0.2) is 0 Å². The van der Waals surface area contributed by atoms with Crippen LogP contribution in [-0.4, -0.2) is 5.11 Å². The second kappa shape index (κ2) is 5.79. The summed E-state index contributed by atoms with van der Waals surface area (Å²) in [5, 5.41) is 9.89. The van der Waals surface area contributed by atoms with Crippen LogP contribution in [0.2, 0.25) is 0 Å². The van der Waals surface area contributed by atoms with Gasteiger partial charge in [0.15, 0.2) is 0 Å². The summed E-state index contributed by atoms with van der Waals surface area (Å²) < 4.78 is 0. The summed E-state index contributed by atoms with van der Waals surface area (Å²) in [7, 11) is 0. The first kappa shape index (κ1) is 12.1. The zero-order valence-electron chi connectivity index (χ0n) is 10.1. The predicted octanol–water partition coefficient (Wildman–Crippen LogP) is 4.25. The van der Waals surface area contributed by atoms with E-state index < -0.39 is 0 Å². The van der Waals surface area contributed by atoms with Crippen molar-refractivity contribution < 1.29 is 5.11 Å². The zero-order valence-corrected chi connectivity index (χ0v) is 10.1. The van der Waals surface area contributed by atoms with Crippen LogP contribution in [0.1, 0.15) is 57.1 Å². The van der Waals surface area contributed by atoms with Gasteiger partial charge in [0.05, 0.1) is 0 Å². The molecule has 0 aliphatic rings. The molecule has 0 spiro atoms. The summed E-state index contributed by atoms with van der Waals surface area (Å²) in [6.45, 7) is 6.49. The van der Waals surface area contributed by atoms with Crippen molar-refractivity contribution in [1.82, 2.24) is 0 Å². The maximum absolute atomic E-state index is 9.89. The molecule has 0 fully saturated rings. The third-order valence-electron chi connectivity index (χ3n) is 3.06. The highest BCUT2D eigenvalue weighted by Crippen LogP contribution is 2.28. The quantitative estimate of drug-likeness (QED) is 0.763. The number of benzene rings is 1. The van der Waals surface area contributed by atoms with Gasteiger partial charge >= 0.3 is 0 Å². The molecule has 0 aromatic heterocycles. The fraction of sp³-hybridized carbons (Fsp3) is 0.571. The molecule has 0 saturated heterocycles. The van der Waals surface area contributed by atoms with Gasteiger partial charge in [-0.05, 0) is 42.4 Å². The number of aryl methyl sites for hydroxylation is 1. The Balaban J connectivity index is 2.78. The van der Waals surface area contributed by atoms with E-state index >= 15 is 0 Å². The summed E-state index contributed by atoms with van der Waals surface area (Å²) in [6, 6.07) is 6.16. The molecule has 1 aromatic rings. The Bertz CT molecular complexity index is 304. The van der Waals surface area contributed by atoms with Gasteiger partial charge in [0.2, 0.25) is 0 Å². The number of aromatic hydroxyl groups is 1.